The van der Waals surface area contributed by atoms with E-state index in [0.29, 0.717) is 5.75 Å². The molecule has 3 nitrogen and oxygen atoms in total. The number of hydrogen-bond donors (Lipinski definition) is 0. The van der Waals surface area contributed by atoms with Crippen molar-refractivity contribution in [2.24, 2.45) is 3.77 Å². The fourth-order valence-electron chi connectivity index (χ4n) is 1.99. The van der Waals surface area contributed by atoms with E-state index in [2.05, 4.69) is 10.7 Å². The molecule has 0 fully saturated rings. The Labute approximate surface area is 135 Å². The van der Waals surface area contributed by atoms with Gasteiger partial charge in [-0.25, -0.2) is 0 Å². The first kappa shape index (κ1) is 16.9. The SMILES string of the molecule is CCCC[S@](Cc1ccccc1)=NS(=O)(=O)c1ccccc1. The lowest BCUT2D eigenvalue weighted by Gasteiger charge is -2.08. The molecule has 0 N–H and O–H groups in total. The zero-order valence-corrected chi connectivity index (χ0v) is 14.3. The Morgan fingerprint density at radius 3 is 2.14 bits per heavy atom. The van der Waals surface area contributed by atoms with E-state index in [4.69, 9.17) is 0 Å². The molecule has 2 aromatic carbocycles. The van der Waals surface area contributed by atoms with Crippen molar-refractivity contribution in [1.82, 2.24) is 0 Å². The smallest absolute Gasteiger partial charge is 0.199 e. The van der Waals surface area contributed by atoms with E-state index in [0.717, 1.165) is 24.2 Å². The van der Waals surface area contributed by atoms with Gasteiger partial charge in [-0.3, -0.25) is 0 Å². The van der Waals surface area contributed by atoms with Gasteiger partial charge in [0.15, 0.2) is 0 Å². The molecule has 0 heterocycles. The number of nitrogens with zero attached hydrogens (tertiary/aromatic N) is 1. The second-order valence-corrected chi connectivity index (χ2v) is 8.65. The Morgan fingerprint density at radius 2 is 1.55 bits per heavy atom. The molecule has 1 atom stereocenters. The van der Waals surface area contributed by atoms with E-state index in [1.165, 1.54) is 0 Å². The molecule has 2 aromatic rings. The molecule has 0 aliphatic heterocycles. The number of hydrogen-bond acceptors (Lipinski definition) is 2. The van der Waals surface area contributed by atoms with Gasteiger partial charge in [0.05, 0.1) is 4.90 Å². The highest BCUT2D eigenvalue weighted by Crippen LogP contribution is 2.15. The van der Waals surface area contributed by atoms with E-state index < -0.39 is 20.7 Å². The van der Waals surface area contributed by atoms with Gasteiger partial charge >= 0.3 is 0 Å². The van der Waals surface area contributed by atoms with Crippen LogP contribution in [0.3, 0.4) is 0 Å². The van der Waals surface area contributed by atoms with Crippen LogP contribution in [-0.4, -0.2) is 14.2 Å². The van der Waals surface area contributed by atoms with E-state index in [1.807, 2.05) is 30.3 Å². The first-order valence-electron chi connectivity index (χ1n) is 7.36. The van der Waals surface area contributed by atoms with Gasteiger partial charge in [-0.1, -0.05) is 72.6 Å². The Morgan fingerprint density at radius 1 is 0.955 bits per heavy atom. The van der Waals surface area contributed by atoms with Crippen molar-refractivity contribution in [3.8, 4) is 0 Å². The quantitative estimate of drug-likeness (QED) is 0.762. The molecule has 22 heavy (non-hydrogen) atoms. The average Bonchev–Trinajstić information content (AvgIpc) is 2.54. The maximum atomic E-state index is 12.4. The topological polar surface area (TPSA) is 46.5 Å². The fourth-order valence-corrected chi connectivity index (χ4v) is 5.80. The number of sulfonamides is 1. The summed E-state index contributed by atoms with van der Waals surface area (Å²) in [6.45, 7) is 2.11. The number of rotatable bonds is 7. The molecular weight excluding hydrogens is 314 g/mol. The molecule has 0 radical (unpaired) electrons. The van der Waals surface area contributed by atoms with Crippen molar-refractivity contribution in [2.45, 2.75) is 30.4 Å². The standard InChI is InChI=1S/C17H21NO2S2/c1-2-3-14-21(15-16-10-6-4-7-11-16)18-22(19,20)17-12-8-5-9-13-17/h4-13H,2-3,14-15H2,1H3/t21-/m1/s1. The van der Waals surface area contributed by atoms with Crippen molar-refractivity contribution < 1.29 is 8.42 Å². The zero-order chi connectivity index (χ0) is 15.8. The van der Waals surface area contributed by atoms with E-state index >= 15 is 0 Å². The van der Waals surface area contributed by atoms with Crippen molar-refractivity contribution in [1.29, 1.82) is 0 Å². The normalized spacial score (nSPS) is 13.1. The van der Waals surface area contributed by atoms with Gasteiger partial charge in [0.2, 0.25) is 0 Å². The molecular formula is C17H21NO2S2. The summed E-state index contributed by atoms with van der Waals surface area (Å²) in [5, 5.41) is 0. The molecule has 0 aliphatic rings. The predicted molar refractivity (Wildman–Crippen MR) is 93.3 cm³/mol. The summed E-state index contributed by atoms with van der Waals surface area (Å²) in [4.78, 5) is 0.275. The first-order valence-corrected chi connectivity index (χ1v) is 10.3. The van der Waals surface area contributed by atoms with E-state index in [1.54, 1.807) is 30.3 Å². The Hall–Kier alpha value is -1.46. The second kappa shape index (κ2) is 8.25. The molecule has 0 saturated heterocycles. The van der Waals surface area contributed by atoms with Crippen LogP contribution in [0.25, 0.3) is 0 Å². The summed E-state index contributed by atoms with van der Waals surface area (Å²) >= 11 is 0. The van der Waals surface area contributed by atoms with Gasteiger partial charge in [-0.15, -0.1) is 3.77 Å². The van der Waals surface area contributed by atoms with Gasteiger partial charge in [-0.05, 0) is 24.1 Å². The van der Waals surface area contributed by atoms with Gasteiger partial charge < -0.3 is 0 Å². The monoisotopic (exact) mass is 335 g/mol. The van der Waals surface area contributed by atoms with Crippen LogP contribution in [-0.2, 0) is 26.5 Å². The minimum atomic E-state index is -3.57. The van der Waals surface area contributed by atoms with E-state index in [-0.39, 0.29) is 4.90 Å². The summed E-state index contributed by atoms with van der Waals surface area (Å²) in [6.07, 6.45) is 2.03. The van der Waals surface area contributed by atoms with Crippen LogP contribution in [0.15, 0.2) is 69.3 Å². The fraction of sp³-hybridized carbons (Fsp3) is 0.294. The van der Waals surface area contributed by atoms with Crippen LogP contribution in [0, 0.1) is 0 Å². The van der Waals surface area contributed by atoms with Crippen LogP contribution in [0.4, 0.5) is 0 Å². The predicted octanol–water partition coefficient (Wildman–Crippen LogP) is 4.18. The summed E-state index contributed by atoms with van der Waals surface area (Å²) in [5.74, 6) is 1.50. The lowest BCUT2D eigenvalue weighted by Crippen LogP contribution is -2.06. The first-order chi connectivity index (χ1) is 10.6. The molecule has 0 aromatic heterocycles. The zero-order valence-electron chi connectivity index (χ0n) is 12.7. The van der Waals surface area contributed by atoms with Crippen molar-refractivity contribution in [2.75, 3.05) is 5.75 Å². The summed E-state index contributed by atoms with van der Waals surface area (Å²) in [5.41, 5.74) is 1.13. The molecule has 0 aliphatic carbocycles. The lowest BCUT2D eigenvalue weighted by atomic mass is 10.2. The van der Waals surface area contributed by atoms with Crippen molar-refractivity contribution in [3.05, 3.63) is 66.2 Å². The minimum Gasteiger partial charge on any atom is -0.199 e. The van der Waals surface area contributed by atoms with Crippen LogP contribution in [0.2, 0.25) is 0 Å². The van der Waals surface area contributed by atoms with Crippen LogP contribution < -0.4 is 0 Å². The van der Waals surface area contributed by atoms with Gasteiger partial charge in [0.25, 0.3) is 10.0 Å². The van der Waals surface area contributed by atoms with Crippen molar-refractivity contribution in [3.63, 3.8) is 0 Å². The summed E-state index contributed by atoms with van der Waals surface area (Å²) in [7, 11) is -4.08. The largest absolute Gasteiger partial charge is 0.287 e. The summed E-state index contributed by atoms with van der Waals surface area (Å²) in [6, 6.07) is 18.4. The highest BCUT2D eigenvalue weighted by atomic mass is 32.3. The van der Waals surface area contributed by atoms with Crippen LogP contribution in [0.1, 0.15) is 25.3 Å². The minimum absolute atomic E-state index is 0.275. The molecule has 0 amide bonds. The molecule has 0 saturated carbocycles. The van der Waals surface area contributed by atoms with Crippen LogP contribution in [0.5, 0.6) is 0 Å². The average molecular weight is 335 g/mol. The molecule has 0 bridgehead atoms. The third kappa shape index (κ3) is 5.07. The number of benzene rings is 2. The third-order valence-electron chi connectivity index (χ3n) is 3.15. The Bertz CT molecular complexity index is 711. The Balaban J connectivity index is 2.28. The Kier molecular flexibility index (Phi) is 6.34. The maximum Gasteiger partial charge on any atom is 0.287 e. The van der Waals surface area contributed by atoms with Crippen LogP contribution >= 0.6 is 0 Å². The lowest BCUT2D eigenvalue weighted by molar-refractivity contribution is 0.598. The van der Waals surface area contributed by atoms with Gasteiger partial charge in [0, 0.05) is 11.5 Å². The molecule has 2 rings (SSSR count). The molecule has 118 valence electrons. The van der Waals surface area contributed by atoms with E-state index in [9.17, 15) is 8.42 Å². The summed E-state index contributed by atoms with van der Waals surface area (Å²) < 4.78 is 29.1. The second-order valence-electron chi connectivity index (χ2n) is 5.01. The molecule has 0 spiro atoms. The van der Waals surface area contributed by atoms with Crippen molar-refractivity contribution >= 4 is 20.7 Å². The molecule has 5 heteroatoms. The van der Waals surface area contributed by atoms with Gasteiger partial charge in [-0.2, -0.15) is 8.42 Å². The van der Waals surface area contributed by atoms with Gasteiger partial charge in [0.1, 0.15) is 0 Å². The molecule has 0 unspecified atom stereocenters. The number of unbranched alkanes of at least 4 members (excludes halogenated alkanes) is 1. The maximum absolute atomic E-state index is 12.4. The third-order valence-corrected chi connectivity index (χ3v) is 7.08. The highest BCUT2D eigenvalue weighted by Gasteiger charge is 2.13. The highest BCUT2D eigenvalue weighted by molar-refractivity contribution is 7.99.